The van der Waals surface area contributed by atoms with Gasteiger partial charge in [-0.15, -0.1) is 0 Å². The number of para-hydroxylation sites is 1. The van der Waals surface area contributed by atoms with E-state index in [-0.39, 0.29) is 0 Å². The molecule has 1 aromatic heterocycles. The summed E-state index contributed by atoms with van der Waals surface area (Å²) in [5, 5.41) is 7.29. The molecule has 0 aliphatic carbocycles. The molecule has 0 bridgehead atoms. The van der Waals surface area contributed by atoms with E-state index in [2.05, 4.69) is 39.7 Å². The van der Waals surface area contributed by atoms with Crippen LogP contribution in [0.5, 0.6) is 0 Å². The zero-order chi connectivity index (χ0) is 16.9. The van der Waals surface area contributed by atoms with Crippen molar-refractivity contribution in [3.8, 4) is 0 Å². The van der Waals surface area contributed by atoms with E-state index in [1.165, 1.54) is 5.56 Å². The normalized spacial score (nSPS) is 10.5. The molecule has 0 saturated carbocycles. The molecule has 0 radical (unpaired) electrons. The van der Waals surface area contributed by atoms with Crippen LogP contribution in [-0.2, 0) is 6.42 Å². The van der Waals surface area contributed by atoms with Crippen LogP contribution in [0.2, 0.25) is 5.02 Å². The number of nitrogens with one attached hydrogen (secondary N) is 2. The van der Waals surface area contributed by atoms with E-state index in [1.807, 2.05) is 49.4 Å². The van der Waals surface area contributed by atoms with Gasteiger partial charge in [0.25, 0.3) is 0 Å². The van der Waals surface area contributed by atoms with Crippen LogP contribution in [0.3, 0.4) is 0 Å². The Morgan fingerprint density at radius 2 is 1.71 bits per heavy atom. The topological polar surface area (TPSA) is 49.8 Å². The van der Waals surface area contributed by atoms with Gasteiger partial charge in [-0.25, -0.2) is 4.98 Å². The SMILES string of the molecule is CCc1ccccc1Nc1cc(C)nc(Nc2ccc(Cl)cc2)n1. The minimum Gasteiger partial charge on any atom is -0.340 e. The number of anilines is 4. The van der Waals surface area contributed by atoms with Crippen molar-refractivity contribution in [2.75, 3.05) is 10.6 Å². The van der Waals surface area contributed by atoms with Gasteiger partial charge in [-0.1, -0.05) is 36.7 Å². The molecular formula is C19H19ClN4. The van der Waals surface area contributed by atoms with Crippen molar-refractivity contribution >= 4 is 34.7 Å². The van der Waals surface area contributed by atoms with Crippen LogP contribution < -0.4 is 10.6 Å². The van der Waals surface area contributed by atoms with E-state index in [0.29, 0.717) is 11.0 Å². The second-order valence-electron chi connectivity index (χ2n) is 5.49. The van der Waals surface area contributed by atoms with Gasteiger partial charge in [0.1, 0.15) is 5.82 Å². The Morgan fingerprint density at radius 3 is 2.46 bits per heavy atom. The van der Waals surface area contributed by atoms with Crippen LogP contribution in [0.15, 0.2) is 54.6 Å². The van der Waals surface area contributed by atoms with Crippen molar-refractivity contribution in [3.05, 3.63) is 70.9 Å². The van der Waals surface area contributed by atoms with Crippen LogP contribution in [0, 0.1) is 6.92 Å². The van der Waals surface area contributed by atoms with Gasteiger partial charge in [0.05, 0.1) is 0 Å². The van der Waals surface area contributed by atoms with E-state index >= 15 is 0 Å². The average Bonchev–Trinajstić information content (AvgIpc) is 2.57. The van der Waals surface area contributed by atoms with Gasteiger partial charge in [0.15, 0.2) is 0 Å². The van der Waals surface area contributed by atoms with Gasteiger partial charge in [0.2, 0.25) is 5.95 Å². The molecule has 3 rings (SSSR count). The summed E-state index contributed by atoms with van der Waals surface area (Å²) in [5.41, 5.74) is 4.10. The van der Waals surface area contributed by atoms with Gasteiger partial charge in [-0.2, -0.15) is 4.98 Å². The summed E-state index contributed by atoms with van der Waals surface area (Å²) in [4.78, 5) is 9.00. The second-order valence-corrected chi connectivity index (χ2v) is 5.92. The largest absolute Gasteiger partial charge is 0.340 e. The van der Waals surface area contributed by atoms with Crippen molar-refractivity contribution in [1.82, 2.24) is 9.97 Å². The Morgan fingerprint density at radius 1 is 0.958 bits per heavy atom. The summed E-state index contributed by atoms with van der Waals surface area (Å²) in [6, 6.07) is 17.6. The summed E-state index contributed by atoms with van der Waals surface area (Å²) < 4.78 is 0. The van der Waals surface area contributed by atoms with E-state index < -0.39 is 0 Å². The van der Waals surface area contributed by atoms with Gasteiger partial charge < -0.3 is 10.6 Å². The average molecular weight is 339 g/mol. The number of aryl methyl sites for hydroxylation is 2. The quantitative estimate of drug-likeness (QED) is 0.646. The summed E-state index contributed by atoms with van der Waals surface area (Å²) in [6.07, 6.45) is 0.961. The van der Waals surface area contributed by atoms with Crippen LogP contribution in [0.1, 0.15) is 18.2 Å². The lowest BCUT2D eigenvalue weighted by molar-refractivity contribution is 1.10. The number of rotatable bonds is 5. The summed E-state index contributed by atoms with van der Waals surface area (Å²) in [7, 11) is 0. The highest BCUT2D eigenvalue weighted by molar-refractivity contribution is 6.30. The second kappa shape index (κ2) is 7.32. The Hall–Kier alpha value is -2.59. The molecule has 0 saturated heterocycles. The Bertz CT molecular complexity index is 831. The van der Waals surface area contributed by atoms with Crippen molar-refractivity contribution < 1.29 is 0 Å². The molecule has 0 spiro atoms. The number of aromatic nitrogens is 2. The molecule has 0 aliphatic rings. The lowest BCUT2D eigenvalue weighted by Crippen LogP contribution is -2.03. The smallest absolute Gasteiger partial charge is 0.229 e. The van der Waals surface area contributed by atoms with Crippen LogP contribution in [-0.4, -0.2) is 9.97 Å². The minimum absolute atomic E-state index is 0.550. The third kappa shape index (κ3) is 4.03. The lowest BCUT2D eigenvalue weighted by atomic mass is 10.1. The minimum atomic E-state index is 0.550. The van der Waals surface area contributed by atoms with Crippen molar-refractivity contribution in [2.24, 2.45) is 0 Å². The van der Waals surface area contributed by atoms with E-state index in [0.717, 1.165) is 29.3 Å². The predicted octanol–water partition coefficient (Wildman–Crippen LogP) is 5.49. The molecule has 0 unspecified atom stereocenters. The highest BCUT2D eigenvalue weighted by atomic mass is 35.5. The standard InChI is InChI=1S/C19H19ClN4/c1-3-14-6-4-5-7-17(14)23-18-12-13(2)21-19(24-18)22-16-10-8-15(20)9-11-16/h4-12H,3H2,1-2H3,(H2,21,22,23,24). The summed E-state index contributed by atoms with van der Waals surface area (Å²) >= 11 is 5.91. The van der Waals surface area contributed by atoms with Crippen LogP contribution in [0.25, 0.3) is 0 Å². The third-order valence-corrected chi connectivity index (χ3v) is 3.87. The highest BCUT2D eigenvalue weighted by Crippen LogP contribution is 2.22. The lowest BCUT2D eigenvalue weighted by Gasteiger charge is -2.12. The Labute approximate surface area is 146 Å². The molecule has 0 aliphatic heterocycles. The first-order valence-electron chi connectivity index (χ1n) is 7.87. The maximum atomic E-state index is 5.91. The number of hydrogen-bond acceptors (Lipinski definition) is 4. The fraction of sp³-hybridized carbons (Fsp3) is 0.158. The number of nitrogens with zero attached hydrogens (tertiary/aromatic N) is 2. The molecule has 0 atom stereocenters. The molecule has 3 aromatic rings. The fourth-order valence-corrected chi connectivity index (χ4v) is 2.57. The van der Waals surface area contributed by atoms with E-state index in [4.69, 9.17) is 11.6 Å². The predicted molar refractivity (Wildman–Crippen MR) is 101 cm³/mol. The number of halogens is 1. The monoisotopic (exact) mass is 338 g/mol. The molecule has 0 amide bonds. The zero-order valence-electron chi connectivity index (χ0n) is 13.7. The first-order chi connectivity index (χ1) is 11.6. The highest BCUT2D eigenvalue weighted by Gasteiger charge is 2.06. The molecule has 0 fully saturated rings. The zero-order valence-corrected chi connectivity index (χ0v) is 14.4. The van der Waals surface area contributed by atoms with Crippen molar-refractivity contribution in [3.63, 3.8) is 0 Å². The van der Waals surface area contributed by atoms with E-state index in [9.17, 15) is 0 Å². The van der Waals surface area contributed by atoms with Gasteiger partial charge in [0, 0.05) is 28.2 Å². The molecule has 1 heterocycles. The molecule has 2 aromatic carbocycles. The van der Waals surface area contributed by atoms with Crippen LogP contribution in [0.4, 0.5) is 23.1 Å². The van der Waals surface area contributed by atoms with Gasteiger partial charge in [-0.3, -0.25) is 0 Å². The molecule has 5 heteroatoms. The first kappa shape index (κ1) is 16.3. The Kier molecular flexibility index (Phi) is 4.96. The molecule has 122 valence electrons. The van der Waals surface area contributed by atoms with Crippen molar-refractivity contribution in [1.29, 1.82) is 0 Å². The maximum absolute atomic E-state index is 5.91. The summed E-state index contributed by atoms with van der Waals surface area (Å²) in [6.45, 7) is 4.09. The summed E-state index contributed by atoms with van der Waals surface area (Å²) in [5.74, 6) is 1.31. The third-order valence-electron chi connectivity index (χ3n) is 3.62. The first-order valence-corrected chi connectivity index (χ1v) is 8.25. The number of hydrogen-bond donors (Lipinski definition) is 2. The maximum Gasteiger partial charge on any atom is 0.229 e. The van der Waals surface area contributed by atoms with Crippen LogP contribution >= 0.6 is 11.6 Å². The molecule has 2 N–H and O–H groups in total. The van der Waals surface area contributed by atoms with Gasteiger partial charge in [-0.05, 0) is 49.2 Å². The fourth-order valence-electron chi connectivity index (χ4n) is 2.44. The van der Waals surface area contributed by atoms with E-state index in [1.54, 1.807) is 0 Å². The van der Waals surface area contributed by atoms with Crippen molar-refractivity contribution in [2.45, 2.75) is 20.3 Å². The van der Waals surface area contributed by atoms with Gasteiger partial charge >= 0.3 is 0 Å². The Balaban J connectivity index is 1.84. The molecular weight excluding hydrogens is 320 g/mol. The number of benzene rings is 2. The molecule has 4 nitrogen and oxygen atoms in total. The molecule has 24 heavy (non-hydrogen) atoms.